The summed E-state index contributed by atoms with van der Waals surface area (Å²) < 4.78 is 11.7. The SMILES string of the molecule is COc1cc(NC(=O)CSc2nnc(NN=C3CCCC3)n2N)cc(OC)c1. The van der Waals surface area contributed by atoms with Crippen LogP contribution in [0.3, 0.4) is 0 Å². The normalized spacial score (nSPS) is 13.3. The summed E-state index contributed by atoms with van der Waals surface area (Å²) in [5.41, 5.74) is 4.52. The Kier molecular flexibility index (Phi) is 6.58. The molecule has 1 aliphatic carbocycles. The number of nitrogens with one attached hydrogen (secondary N) is 2. The third-order valence-corrected chi connectivity index (χ3v) is 5.07. The molecule has 1 saturated carbocycles. The van der Waals surface area contributed by atoms with Crippen molar-refractivity contribution in [1.29, 1.82) is 0 Å². The minimum absolute atomic E-state index is 0.114. The van der Waals surface area contributed by atoms with Gasteiger partial charge >= 0.3 is 0 Å². The van der Waals surface area contributed by atoms with E-state index in [-0.39, 0.29) is 11.7 Å². The molecule has 0 spiro atoms. The van der Waals surface area contributed by atoms with Gasteiger partial charge in [0, 0.05) is 29.6 Å². The van der Waals surface area contributed by atoms with Gasteiger partial charge in [-0.3, -0.25) is 4.79 Å². The smallest absolute Gasteiger partial charge is 0.264 e. The zero-order valence-corrected chi connectivity index (χ0v) is 16.6. The molecule has 1 aromatic heterocycles. The van der Waals surface area contributed by atoms with E-state index in [2.05, 4.69) is 26.0 Å². The fraction of sp³-hybridized carbons (Fsp3) is 0.412. The van der Waals surface area contributed by atoms with Crippen LogP contribution in [-0.2, 0) is 4.79 Å². The van der Waals surface area contributed by atoms with Crippen molar-refractivity contribution in [3.63, 3.8) is 0 Å². The minimum atomic E-state index is -0.219. The van der Waals surface area contributed by atoms with E-state index in [0.29, 0.717) is 28.3 Å². The Bertz CT molecular complexity index is 838. The standard InChI is InChI=1S/C17H23N7O3S/c1-26-13-7-12(8-14(9-13)27-2)19-15(25)10-28-17-23-22-16(24(17)18)21-20-11-5-3-4-6-11/h7-9H,3-6,10,18H2,1-2H3,(H,19,25)(H,21,22). The number of rotatable bonds is 8. The van der Waals surface area contributed by atoms with Crippen molar-refractivity contribution in [2.45, 2.75) is 30.8 Å². The summed E-state index contributed by atoms with van der Waals surface area (Å²) in [6.07, 6.45) is 4.29. The van der Waals surface area contributed by atoms with Crippen molar-refractivity contribution in [1.82, 2.24) is 14.9 Å². The van der Waals surface area contributed by atoms with Crippen LogP contribution in [0, 0.1) is 0 Å². The number of nitrogens with two attached hydrogens (primary N) is 1. The number of hydrogen-bond donors (Lipinski definition) is 3. The molecule has 0 aliphatic heterocycles. The van der Waals surface area contributed by atoms with Gasteiger partial charge in [0.1, 0.15) is 11.5 Å². The van der Waals surface area contributed by atoms with Gasteiger partial charge in [-0.25, -0.2) is 10.1 Å². The highest BCUT2D eigenvalue weighted by molar-refractivity contribution is 7.99. The number of carbonyl (C=O) groups excluding carboxylic acids is 1. The predicted molar refractivity (Wildman–Crippen MR) is 109 cm³/mol. The lowest BCUT2D eigenvalue weighted by atomic mass is 10.2. The molecule has 1 fully saturated rings. The molecule has 1 aromatic carbocycles. The van der Waals surface area contributed by atoms with Gasteiger partial charge in [0.15, 0.2) is 0 Å². The second-order valence-electron chi connectivity index (χ2n) is 6.11. The van der Waals surface area contributed by atoms with Gasteiger partial charge < -0.3 is 20.6 Å². The molecule has 1 heterocycles. The largest absolute Gasteiger partial charge is 0.497 e. The van der Waals surface area contributed by atoms with Crippen molar-refractivity contribution in [3.05, 3.63) is 18.2 Å². The fourth-order valence-corrected chi connectivity index (χ4v) is 3.34. The molecule has 0 saturated heterocycles. The summed E-state index contributed by atoms with van der Waals surface area (Å²) in [6, 6.07) is 5.15. The number of hydrogen-bond acceptors (Lipinski definition) is 9. The quantitative estimate of drug-likeness (QED) is 0.346. The first-order valence-corrected chi connectivity index (χ1v) is 9.75. The average Bonchev–Trinajstić information content (AvgIpc) is 3.34. The number of aromatic nitrogens is 3. The zero-order valence-electron chi connectivity index (χ0n) is 15.8. The Labute approximate surface area is 166 Å². The van der Waals surface area contributed by atoms with Crippen LogP contribution in [0.15, 0.2) is 28.5 Å². The first kappa shape index (κ1) is 19.8. The molecule has 11 heteroatoms. The summed E-state index contributed by atoms with van der Waals surface area (Å²) in [5, 5.41) is 15.5. The van der Waals surface area contributed by atoms with Crippen LogP contribution in [0.2, 0.25) is 0 Å². The molecule has 150 valence electrons. The van der Waals surface area contributed by atoms with Crippen LogP contribution in [-0.4, -0.2) is 46.5 Å². The van der Waals surface area contributed by atoms with Gasteiger partial charge in [-0.2, -0.15) is 5.10 Å². The zero-order chi connectivity index (χ0) is 19.9. The van der Waals surface area contributed by atoms with E-state index in [9.17, 15) is 4.79 Å². The molecule has 0 bridgehead atoms. The predicted octanol–water partition coefficient (Wildman–Crippen LogP) is 2.08. The number of hydrazone groups is 1. The second kappa shape index (κ2) is 9.31. The molecule has 10 nitrogen and oxygen atoms in total. The van der Waals surface area contributed by atoms with Gasteiger partial charge in [0.05, 0.1) is 20.0 Å². The number of carbonyl (C=O) groups is 1. The van der Waals surface area contributed by atoms with Crippen LogP contribution in [0.4, 0.5) is 11.6 Å². The van der Waals surface area contributed by atoms with Gasteiger partial charge in [-0.15, -0.1) is 10.2 Å². The second-order valence-corrected chi connectivity index (χ2v) is 7.05. The van der Waals surface area contributed by atoms with E-state index in [1.54, 1.807) is 32.4 Å². The Morgan fingerprint density at radius 2 is 1.89 bits per heavy atom. The van der Waals surface area contributed by atoms with Gasteiger partial charge in [-0.05, 0) is 25.7 Å². The van der Waals surface area contributed by atoms with Crippen LogP contribution in [0.5, 0.6) is 11.5 Å². The van der Waals surface area contributed by atoms with Crippen molar-refractivity contribution >= 4 is 35.0 Å². The van der Waals surface area contributed by atoms with Crippen LogP contribution in [0.1, 0.15) is 25.7 Å². The summed E-state index contributed by atoms with van der Waals surface area (Å²) in [6.45, 7) is 0. The summed E-state index contributed by atoms with van der Waals surface area (Å²) in [4.78, 5) is 12.3. The lowest BCUT2D eigenvalue weighted by molar-refractivity contribution is -0.113. The Morgan fingerprint density at radius 3 is 2.54 bits per heavy atom. The van der Waals surface area contributed by atoms with E-state index < -0.39 is 0 Å². The lowest BCUT2D eigenvalue weighted by Gasteiger charge is -2.09. The number of methoxy groups -OCH3 is 2. The van der Waals surface area contributed by atoms with Gasteiger partial charge in [-0.1, -0.05) is 11.8 Å². The topological polar surface area (TPSA) is 129 Å². The number of benzene rings is 1. The summed E-state index contributed by atoms with van der Waals surface area (Å²) in [5.74, 6) is 7.38. The van der Waals surface area contributed by atoms with Crippen molar-refractivity contribution in [2.75, 3.05) is 36.6 Å². The number of thioether (sulfide) groups is 1. The van der Waals surface area contributed by atoms with E-state index in [0.717, 1.165) is 31.4 Å². The van der Waals surface area contributed by atoms with E-state index in [1.165, 1.54) is 16.4 Å². The Hall–Kier alpha value is -2.95. The molecule has 2 aromatic rings. The summed E-state index contributed by atoms with van der Waals surface area (Å²) in [7, 11) is 3.10. The summed E-state index contributed by atoms with van der Waals surface area (Å²) >= 11 is 1.17. The monoisotopic (exact) mass is 405 g/mol. The number of anilines is 2. The third-order valence-electron chi connectivity index (χ3n) is 4.13. The number of nitrogens with zero attached hydrogens (tertiary/aromatic N) is 4. The molecule has 0 atom stereocenters. The molecule has 1 aliphatic rings. The maximum atomic E-state index is 12.3. The van der Waals surface area contributed by atoms with Crippen LogP contribution >= 0.6 is 11.8 Å². The molecule has 4 N–H and O–H groups in total. The highest BCUT2D eigenvalue weighted by atomic mass is 32.2. The molecule has 0 unspecified atom stereocenters. The van der Waals surface area contributed by atoms with Crippen LogP contribution < -0.4 is 26.1 Å². The first-order valence-electron chi connectivity index (χ1n) is 8.76. The average molecular weight is 405 g/mol. The first-order chi connectivity index (χ1) is 13.6. The molecular weight excluding hydrogens is 382 g/mol. The van der Waals surface area contributed by atoms with E-state index in [4.69, 9.17) is 15.3 Å². The fourth-order valence-electron chi connectivity index (χ4n) is 2.68. The minimum Gasteiger partial charge on any atom is -0.497 e. The van der Waals surface area contributed by atoms with Gasteiger partial charge in [0.2, 0.25) is 11.1 Å². The number of ether oxygens (including phenoxy) is 2. The molecule has 1 amide bonds. The van der Waals surface area contributed by atoms with E-state index in [1.807, 2.05) is 0 Å². The molecule has 28 heavy (non-hydrogen) atoms. The number of nitrogen functional groups attached to an aromatic ring is 1. The third kappa shape index (κ3) is 5.06. The maximum absolute atomic E-state index is 12.3. The molecular formula is C17H23N7O3S. The van der Waals surface area contributed by atoms with Gasteiger partial charge in [0.25, 0.3) is 5.95 Å². The highest BCUT2D eigenvalue weighted by Crippen LogP contribution is 2.26. The van der Waals surface area contributed by atoms with E-state index >= 15 is 0 Å². The maximum Gasteiger partial charge on any atom is 0.264 e. The Balaban J connectivity index is 1.55. The van der Waals surface area contributed by atoms with Crippen molar-refractivity contribution in [2.24, 2.45) is 5.10 Å². The lowest BCUT2D eigenvalue weighted by Crippen LogP contribution is -2.17. The Morgan fingerprint density at radius 1 is 1.21 bits per heavy atom. The van der Waals surface area contributed by atoms with Crippen LogP contribution in [0.25, 0.3) is 0 Å². The van der Waals surface area contributed by atoms with Crippen molar-refractivity contribution < 1.29 is 14.3 Å². The highest BCUT2D eigenvalue weighted by Gasteiger charge is 2.14. The molecule has 3 rings (SSSR count). The van der Waals surface area contributed by atoms with Crippen molar-refractivity contribution in [3.8, 4) is 11.5 Å². The number of amides is 1. The molecule has 0 radical (unpaired) electrons.